The molecule has 0 aromatic carbocycles. The molecule has 1 rings (SSSR count). The quantitative estimate of drug-likeness (QED) is 0.814. The zero-order valence-electron chi connectivity index (χ0n) is 10.3. The molecule has 1 heterocycles. The average molecular weight is 253 g/mol. The number of likely N-dealkylation sites (tertiary alicyclic amines) is 1. The Morgan fingerprint density at radius 1 is 1.41 bits per heavy atom. The van der Waals surface area contributed by atoms with Gasteiger partial charge in [0.2, 0.25) is 0 Å². The molecule has 2 nitrogen and oxygen atoms in total. The van der Waals surface area contributed by atoms with Gasteiger partial charge in [-0.1, -0.05) is 6.92 Å². The molecule has 5 heteroatoms. The second-order valence-corrected chi connectivity index (χ2v) is 4.89. The highest BCUT2D eigenvalue weighted by Gasteiger charge is 2.41. The van der Waals surface area contributed by atoms with Crippen molar-refractivity contribution < 1.29 is 18.3 Å². The van der Waals surface area contributed by atoms with Gasteiger partial charge in [0, 0.05) is 6.54 Å². The number of alkyl halides is 3. The predicted octanol–water partition coefficient (Wildman–Crippen LogP) is 2.81. The summed E-state index contributed by atoms with van der Waals surface area (Å²) >= 11 is 0. The van der Waals surface area contributed by atoms with Crippen molar-refractivity contribution in [2.75, 3.05) is 19.6 Å². The third-order valence-corrected chi connectivity index (χ3v) is 3.45. The van der Waals surface area contributed by atoms with E-state index in [0.29, 0.717) is 25.8 Å². The van der Waals surface area contributed by atoms with E-state index in [1.54, 1.807) is 0 Å². The van der Waals surface area contributed by atoms with E-state index in [0.717, 1.165) is 13.0 Å². The summed E-state index contributed by atoms with van der Waals surface area (Å²) in [6, 6.07) is 0. The van der Waals surface area contributed by atoms with Gasteiger partial charge in [-0.05, 0) is 45.2 Å². The van der Waals surface area contributed by atoms with Gasteiger partial charge in [-0.15, -0.1) is 0 Å². The van der Waals surface area contributed by atoms with Crippen LogP contribution in [0.1, 0.15) is 39.0 Å². The van der Waals surface area contributed by atoms with Crippen molar-refractivity contribution in [1.29, 1.82) is 0 Å². The van der Waals surface area contributed by atoms with E-state index in [1.165, 1.54) is 0 Å². The third-order valence-electron chi connectivity index (χ3n) is 3.45. The fourth-order valence-electron chi connectivity index (χ4n) is 2.28. The first-order valence-electron chi connectivity index (χ1n) is 6.40. The van der Waals surface area contributed by atoms with Crippen molar-refractivity contribution in [2.24, 2.45) is 5.92 Å². The largest absolute Gasteiger partial charge is 0.393 e. The number of piperidine rings is 1. The van der Waals surface area contributed by atoms with Crippen molar-refractivity contribution in [1.82, 2.24) is 4.90 Å². The highest BCUT2D eigenvalue weighted by Crippen LogP contribution is 2.33. The minimum absolute atomic E-state index is 0.131. The van der Waals surface area contributed by atoms with Crippen LogP contribution in [0.25, 0.3) is 0 Å². The third kappa shape index (κ3) is 5.25. The molecule has 102 valence electrons. The molecule has 2 atom stereocenters. The molecule has 1 aliphatic rings. The summed E-state index contributed by atoms with van der Waals surface area (Å²) in [7, 11) is 0. The SMILES string of the molecule is CCC(O)CCCN1CCCC(C(F)(F)F)C1. The zero-order valence-corrected chi connectivity index (χ0v) is 10.3. The Balaban J connectivity index is 2.25. The summed E-state index contributed by atoms with van der Waals surface area (Å²) in [6.07, 6.45) is -1.30. The molecule has 0 aromatic rings. The molecule has 17 heavy (non-hydrogen) atoms. The lowest BCUT2D eigenvalue weighted by atomic mass is 9.97. The van der Waals surface area contributed by atoms with Gasteiger partial charge in [0.05, 0.1) is 12.0 Å². The van der Waals surface area contributed by atoms with Crippen molar-refractivity contribution >= 4 is 0 Å². The van der Waals surface area contributed by atoms with Crippen LogP contribution in [-0.2, 0) is 0 Å². The van der Waals surface area contributed by atoms with Gasteiger partial charge < -0.3 is 10.0 Å². The van der Waals surface area contributed by atoms with Crippen LogP contribution in [0.2, 0.25) is 0 Å². The first-order chi connectivity index (χ1) is 7.93. The molecule has 2 unspecified atom stereocenters. The van der Waals surface area contributed by atoms with E-state index in [-0.39, 0.29) is 19.1 Å². The molecule has 0 spiro atoms. The average Bonchev–Trinajstić information content (AvgIpc) is 2.28. The van der Waals surface area contributed by atoms with E-state index >= 15 is 0 Å². The summed E-state index contributed by atoms with van der Waals surface area (Å²) < 4.78 is 37.7. The summed E-state index contributed by atoms with van der Waals surface area (Å²) in [5, 5.41) is 9.37. The Bertz CT molecular complexity index is 220. The molecule has 1 N–H and O–H groups in total. The highest BCUT2D eigenvalue weighted by atomic mass is 19.4. The normalized spacial score (nSPS) is 24.9. The fraction of sp³-hybridized carbons (Fsp3) is 1.00. The number of aliphatic hydroxyl groups excluding tert-OH is 1. The van der Waals surface area contributed by atoms with Crippen LogP contribution in [0.3, 0.4) is 0 Å². The van der Waals surface area contributed by atoms with Crippen molar-refractivity contribution in [2.45, 2.75) is 51.3 Å². The Morgan fingerprint density at radius 2 is 2.12 bits per heavy atom. The zero-order chi connectivity index (χ0) is 12.9. The Hall–Kier alpha value is -0.290. The molecular weight excluding hydrogens is 231 g/mol. The second-order valence-electron chi connectivity index (χ2n) is 4.89. The number of hydrogen-bond donors (Lipinski definition) is 1. The molecule has 0 amide bonds. The lowest BCUT2D eigenvalue weighted by Gasteiger charge is -2.33. The molecule has 0 bridgehead atoms. The monoisotopic (exact) mass is 253 g/mol. The highest BCUT2D eigenvalue weighted by molar-refractivity contribution is 4.78. The van der Waals surface area contributed by atoms with E-state index in [2.05, 4.69) is 0 Å². The molecule has 1 saturated heterocycles. The minimum Gasteiger partial charge on any atom is -0.393 e. The smallest absolute Gasteiger partial charge is 0.393 e. The van der Waals surface area contributed by atoms with E-state index in [4.69, 9.17) is 0 Å². The van der Waals surface area contributed by atoms with Crippen LogP contribution in [0.5, 0.6) is 0 Å². The van der Waals surface area contributed by atoms with Gasteiger partial charge in [0.15, 0.2) is 0 Å². The van der Waals surface area contributed by atoms with Crippen LogP contribution in [0.4, 0.5) is 13.2 Å². The van der Waals surface area contributed by atoms with E-state index in [1.807, 2.05) is 11.8 Å². The van der Waals surface area contributed by atoms with Gasteiger partial charge >= 0.3 is 6.18 Å². The summed E-state index contributed by atoms with van der Waals surface area (Å²) in [4.78, 5) is 1.88. The summed E-state index contributed by atoms with van der Waals surface area (Å²) in [5.41, 5.74) is 0. The van der Waals surface area contributed by atoms with Crippen LogP contribution in [-0.4, -0.2) is 41.9 Å². The molecule has 0 aromatic heterocycles. The molecule has 1 fully saturated rings. The maximum Gasteiger partial charge on any atom is 0.393 e. The Labute approximate surface area is 101 Å². The first-order valence-corrected chi connectivity index (χ1v) is 6.40. The Morgan fingerprint density at radius 3 is 2.71 bits per heavy atom. The first kappa shape index (κ1) is 14.8. The van der Waals surface area contributed by atoms with Crippen molar-refractivity contribution in [3.05, 3.63) is 0 Å². The minimum atomic E-state index is -4.05. The van der Waals surface area contributed by atoms with Gasteiger partial charge in [0.25, 0.3) is 0 Å². The predicted molar refractivity (Wildman–Crippen MR) is 60.8 cm³/mol. The Kier molecular flexibility index (Phi) is 5.73. The van der Waals surface area contributed by atoms with Crippen molar-refractivity contribution in [3.63, 3.8) is 0 Å². The lowest BCUT2D eigenvalue weighted by molar-refractivity contribution is -0.186. The van der Waals surface area contributed by atoms with Gasteiger partial charge in [-0.2, -0.15) is 13.2 Å². The summed E-state index contributed by atoms with van der Waals surface area (Å²) in [6.45, 7) is 3.47. The standard InChI is InChI=1S/C12H22F3NO/c1-2-11(17)6-4-8-16-7-3-5-10(9-16)12(13,14)15/h10-11,17H,2-9H2,1H3. The van der Waals surface area contributed by atoms with Crippen LogP contribution < -0.4 is 0 Å². The van der Waals surface area contributed by atoms with Gasteiger partial charge in [-0.3, -0.25) is 0 Å². The molecule has 0 saturated carbocycles. The van der Waals surface area contributed by atoms with Crippen molar-refractivity contribution in [3.8, 4) is 0 Å². The topological polar surface area (TPSA) is 23.5 Å². The molecular formula is C12H22F3NO. The maximum absolute atomic E-state index is 12.6. The molecule has 0 radical (unpaired) electrons. The number of aliphatic hydroxyl groups is 1. The van der Waals surface area contributed by atoms with Gasteiger partial charge in [0.1, 0.15) is 0 Å². The fourth-order valence-corrected chi connectivity index (χ4v) is 2.28. The molecule has 1 aliphatic heterocycles. The number of halogens is 3. The summed E-state index contributed by atoms with van der Waals surface area (Å²) in [5.74, 6) is -1.16. The maximum atomic E-state index is 12.6. The lowest BCUT2D eigenvalue weighted by Crippen LogP contribution is -2.42. The molecule has 0 aliphatic carbocycles. The van der Waals surface area contributed by atoms with Crippen LogP contribution in [0, 0.1) is 5.92 Å². The number of nitrogens with zero attached hydrogens (tertiary/aromatic N) is 1. The van der Waals surface area contributed by atoms with Crippen LogP contribution in [0.15, 0.2) is 0 Å². The number of hydrogen-bond acceptors (Lipinski definition) is 2. The van der Waals surface area contributed by atoms with E-state index in [9.17, 15) is 18.3 Å². The van der Waals surface area contributed by atoms with Gasteiger partial charge in [-0.25, -0.2) is 0 Å². The number of rotatable bonds is 5. The van der Waals surface area contributed by atoms with Crippen LogP contribution >= 0.6 is 0 Å². The second kappa shape index (κ2) is 6.59. The van der Waals surface area contributed by atoms with E-state index < -0.39 is 12.1 Å².